The van der Waals surface area contributed by atoms with Crippen molar-refractivity contribution in [1.82, 2.24) is 10.5 Å². The predicted molar refractivity (Wildman–Crippen MR) is 133 cm³/mol. The van der Waals surface area contributed by atoms with E-state index in [-0.39, 0.29) is 17.4 Å². The Morgan fingerprint density at radius 1 is 1.00 bits per heavy atom. The Bertz CT molecular complexity index is 1230. The zero-order chi connectivity index (χ0) is 26.5. The van der Waals surface area contributed by atoms with E-state index < -0.39 is 35.4 Å². The quantitative estimate of drug-likeness (QED) is 0.386. The van der Waals surface area contributed by atoms with Gasteiger partial charge in [-0.2, -0.15) is 0 Å². The fraction of sp³-hybridized carbons (Fsp3) is 0.308. The number of anilines is 2. The molecule has 1 heterocycles. The standard InChI is InChI=1S/C26H29FN4O5/c1-15(2)22(24(33)35-26(3,4)5)30-23(32)21-14-20(31-36-21)16-10-12-17(13-11-16)28-25(34)29-19-9-7-6-8-18(19)27/h6-15,22H,1-5H3,(H,30,32)(H2,28,29,34). The molecule has 0 aliphatic rings. The second kappa shape index (κ2) is 11.0. The lowest BCUT2D eigenvalue weighted by molar-refractivity contribution is -0.158. The fourth-order valence-corrected chi connectivity index (χ4v) is 3.17. The number of urea groups is 1. The van der Waals surface area contributed by atoms with Crippen molar-refractivity contribution < 1.29 is 28.0 Å². The number of rotatable bonds is 7. The number of aromatic nitrogens is 1. The van der Waals surface area contributed by atoms with Crippen LogP contribution in [-0.2, 0) is 9.53 Å². The molecule has 3 N–H and O–H groups in total. The van der Waals surface area contributed by atoms with E-state index in [1.54, 1.807) is 65.0 Å². The van der Waals surface area contributed by atoms with Gasteiger partial charge in [0.2, 0.25) is 5.76 Å². The highest BCUT2D eigenvalue weighted by Crippen LogP contribution is 2.22. The Kier molecular flexibility index (Phi) is 8.08. The van der Waals surface area contributed by atoms with Gasteiger partial charge in [0.1, 0.15) is 23.2 Å². The van der Waals surface area contributed by atoms with Crippen molar-refractivity contribution >= 4 is 29.3 Å². The van der Waals surface area contributed by atoms with Gasteiger partial charge in [0.15, 0.2) is 0 Å². The van der Waals surface area contributed by atoms with Crippen molar-refractivity contribution in [1.29, 1.82) is 0 Å². The molecule has 0 aliphatic carbocycles. The van der Waals surface area contributed by atoms with E-state index in [0.717, 1.165) is 0 Å². The Morgan fingerprint density at radius 3 is 2.28 bits per heavy atom. The van der Waals surface area contributed by atoms with Crippen LogP contribution in [0.5, 0.6) is 0 Å². The van der Waals surface area contributed by atoms with Gasteiger partial charge >= 0.3 is 12.0 Å². The Morgan fingerprint density at radius 2 is 1.67 bits per heavy atom. The molecule has 2 aromatic carbocycles. The average Bonchev–Trinajstić information content (AvgIpc) is 3.28. The molecule has 0 radical (unpaired) electrons. The van der Waals surface area contributed by atoms with Gasteiger partial charge in [0, 0.05) is 17.3 Å². The number of nitrogens with one attached hydrogen (secondary N) is 3. The molecule has 3 amide bonds. The number of hydrogen-bond donors (Lipinski definition) is 3. The molecular weight excluding hydrogens is 467 g/mol. The molecule has 0 fully saturated rings. The zero-order valence-electron chi connectivity index (χ0n) is 20.7. The van der Waals surface area contributed by atoms with Crippen molar-refractivity contribution in [3.8, 4) is 11.3 Å². The van der Waals surface area contributed by atoms with Crippen LogP contribution in [0.1, 0.15) is 45.2 Å². The normalized spacial score (nSPS) is 12.1. The highest BCUT2D eigenvalue weighted by atomic mass is 19.1. The first-order valence-electron chi connectivity index (χ1n) is 11.4. The van der Waals surface area contributed by atoms with Gasteiger partial charge in [-0.15, -0.1) is 0 Å². The first kappa shape index (κ1) is 26.4. The van der Waals surface area contributed by atoms with Crippen LogP contribution >= 0.6 is 0 Å². The van der Waals surface area contributed by atoms with Crippen LogP contribution in [0.3, 0.4) is 0 Å². The highest BCUT2D eigenvalue weighted by molar-refractivity contribution is 6.00. The van der Waals surface area contributed by atoms with Crippen LogP contribution in [0.15, 0.2) is 59.1 Å². The number of benzene rings is 2. The Balaban J connectivity index is 1.63. The summed E-state index contributed by atoms with van der Waals surface area (Å²) in [6, 6.07) is 12.4. The third-order valence-electron chi connectivity index (χ3n) is 4.91. The maximum Gasteiger partial charge on any atom is 0.329 e. The number of hydrogen-bond acceptors (Lipinski definition) is 6. The lowest BCUT2D eigenvalue weighted by Crippen LogP contribution is -2.47. The van der Waals surface area contributed by atoms with E-state index in [4.69, 9.17) is 9.26 Å². The Hall–Kier alpha value is -4.21. The summed E-state index contributed by atoms with van der Waals surface area (Å²) in [6.07, 6.45) is 0. The molecule has 3 aromatic rings. The van der Waals surface area contributed by atoms with Gasteiger partial charge in [0.25, 0.3) is 5.91 Å². The maximum atomic E-state index is 13.7. The zero-order valence-corrected chi connectivity index (χ0v) is 20.7. The molecule has 0 bridgehead atoms. The minimum atomic E-state index is -0.855. The summed E-state index contributed by atoms with van der Waals surface area (Å²) < 4.78 is 24.3. The van der Waals surface area contributed by atoms with E-state index in [0.29, 0.717) is 16.9 Å². The molecule has 0 saturated heterocycles. The minimum Gasteiger partial charge on any atom is -0.458 e. The number of carbonyl (C=O) groups excluding carboxylic acids is 3. The summed E-state index contributed by atoms with van der Waals surface area (Å²) in [5, 5.41) is 11.6. The van der Waals surface area contributed by atoms with Crippen LogP contribution in [0.2, 0.25) is 0 Å². The van der Waals surface area contributed by atoms with E-state index in [1.807, 2.05) is 0 Å². The van der Waals surface area contributed by atoms with Crippen LogP contribution in [-0.4, -0.2) is 34.7 Å². The van der Waals surface area contributed by atoms with Gasteiger partial charge < -0.3 is 25.2 Å². The topological polar surface area (TPSA) is 123 Å². The van der Waals surface area contributed by atoms with Crippen LogP contribution in [0.4, 0.5) is 20.6 Å². The van der Waals surface area contributed by atoms with Gasteiger partial charge in [0.05, 0.1) is 5.69 Å². The molecule has 190 valence electrons. The van der Waals surface area contributed by atoms with E-state index in [1.165, 1.54) is 24.3 Å². The monoisotopic (exact) mass is 496 g/mol. The van der Waals surface area contributed by atoms with Crippen molar-refractivity contribution in [2.24, 2.45) is 5.92 Å². The largest absolute Gasteiger partial charge is 0.458 e. The van der Waals surface area contributed by atoms with E-state index in [9.17, 15) is 18.8 Å². The average molecular weight is 497 g/mol. The van der Waals surface area contributed by atoms with Gasteiger partial charge in [-0.25, -0.2) is 14.0 Å². The molecule has 0 spiro atoms. The molecule has 1 unspecified atom stereocenters. The second-order valence-electron chi connectivity index (χ2n) is 9.44. The van der Waals surface area contributed by atoms with E-state index in [2.05, 4.69) is 21.1 Å². The number of ether oxygens (including phenoxy) is 1. The van der Waals surface area contributed by atoms with Crippen LogP contribution in [0, 0.1) is 11.7 Å². The summed E-state index contributed by atoms with van der Waals surface area (Å²) >= 11 is 0. The smallest absolute Gasteiger partial charge is 0.329 e. The van der Waals surface area contributed by atoms with Gasteiger partial charge in [-0.1, -0.05) is 43.3 Å². The fourth-order valence-electron chi connectivity index (χ4n) is 3.17. The molecule has 10 heteroatoms. The molecule has 3 rings (SSSR count). The molecule has 9 nitrogen and oxygen atoms in total. The molecule has 0 saturated carbocycles. The first-order chi connectivity index (χ1) is 16.9. The summed E-state index contributed by atoms with van der Waals surface area (Å²) in [4.78, 5) is 37.3. The lowest BCUT2D eigenvalue weighted by Gasteiger charge is -2.26. The van der Waals surface area contributed by atoms with Crippen molar-refractivity contribution in [2.75, 3.05) is 10.6 Å². The van der Waals surface area contributed by atoms with Crippen LogP contribution < -0.4 is 16.0 Å². The SMILES string of the molecule is CC(C)C(NC(=O)c1cc(-c2ccc(NC(=O)Nc3ccccc3F)cc2)no1)C(=O)OC(C)(C)C. The molecule has 0 aliphatic heterocycles. The first-order valence-corrected chi connectivity index (χ1v) is 11.4. The summed E-state index contributed by atoms with van der Waals surface area (Å²) in [6.45, 7) is 8.86. The van der Waals surface area contributed by atoms with Crippen molar-refractivity contribution in [3.63, 3.8) is 0 Å². The van der Waals surface area contributed by atoms with E-state index >= 15 is 0 Å². The summed E-state index contributed by atoms with van der Waals surface area (Å²) in [5.74, 6) is -1.94. The van der Waals surface area contributed by atoms with Crippen molar-refractivity contribution in [2.45, 2.75) is 46.3 Å². The number of carbonyl (C=O) groups is 3. The maximum absolute atomic E-state index is 13.7. The second-order valence-corrected chi connectivity index (χ2v) is 9.44. The molecular formula is C26H29FN4O5. The number of esters is 1. The van der Waals surface area contributed by atoms with Crippen molar-refractivity contribution in [3.05, 3.63) is 66.2 Å². The predicted octanol–water partition coefficient (Wildman–Crippen LogP) is 5.22. The number of nitrogens with zero attached hydrogens (tertiary/aromatic N) is 1. The number of halogens is 1. The van der Waals surface area contributed by atoms with Crippen LogP contribution in [0.25, 0.3) is 11.3 Å². The highest BCUT2D eigenvalue weighted by Gasteiger charge is 2.30. The minimum absolute atomic E-state index is 0.0615. The lowest BCUT2D eigenvalue weighted by atomic mass is 10.0. The summed E-state index contributed by atoms with van der Waals surface area (Å²) in [7, 11) is 0. The molecule has 1 atom stereocenters. The molecule has 36 heavy (non-hydrogen) atoms. The molecule has 1 aromatic heterocycles. The van der Waals surface area contributed by atoms with Gasteiger partial charge in [-0.05, 0) is 51.0 Å². The Labute approximate surface area is 208 Å². The number of para-hydroxylation sites is 1. The third kappa shape index (κ3) is 7.14. The summed E-state index contributed by atoms with van der Waals surface area (Å²) in [5.41, 5.74) is 0.859. The third-order valence-corrected chi connectivity index (χ3v) is 4.91. The number of amides is 3. The van der Waals surface area contributed by atoms with Gasteiger partial charge in [-0.3, -0.25) is 4.79 Å².